The number of ether oxygens (including phenoxy) is 2. The van der Waals surface area contributed by atoms with Crippen LogP contribution in [-0.2, 0) is 9.59 Å². The topological polar surface area (TPSA) is 150 Å². The second-order valence-electron chi connectivity index (χ2n) is 6.45. The van der Waals surface area contributed by atoms with Crippen molar-refractivity contribution in [3.05, 3.63) is 53.2 Å². The maximum Gasteiger partial charge on any atom is 0.272 e. The van der Waals surface area contributed by atoms with Crippen LogP contribution in [0.25, 0.3) is 11.9 Å². The van der Waals surface area contributed by atoms with Crippen LogP contribution in [0.15, 0.2) is 52.3 Å². The zero-order valence-corrected chi connectivity index (χ0v) is 17.7. The van der Waals surface area contributed by atoms with Gasteiger partial charge in [-0.2, -0.15) is 0 Å². The first-order chi connectivity index (χ1) is 15.5. The van der Waals surface area contributed by atoms with Gasteiger partial charge < -0.3 is 19.8 Å². The van der Waals surface area contributed by atoms with Crippen molar-refractivity contribution >= 4 is 40.6 Å². The van der Waals surface area contributed by atoms with E-state index < -0.39 is 11.8 Å². The number of nitrogens with one attached hydrogen (secondary N) is 1. The summed E-state index contributed by atoms with van der Waals surface area (Å²) in [4.78, 5) is 25.5. The molecule has 2 aromatic heterocycles. The molecular formula is C20H18N6O5S. The summed E-state index contributed by atoms with van der Waals surface area (Å²) in [6.45, 7) is 1.91. The third kappa shape index (κ3) is 4.21. The van der Waals surface area contributed by atoms with Crippen LogP contribution in [0.5, 0.6) is 11.5 Å². The first-order valence-electron chi connectivity index (χ1n) is 9.44. The van der Waals surface area contributed by atoms with Crippen molar-refractivity contribution in [3.8, 4) is 17.3 Å². The molecule has 2 amide bonds. The first-order valence-corrected chi connectivity index (χ1v) is 10.3. The molecule has 0 atom stereocenters. The fraction of sp³-hybridized carbons (Fsp3) is 0.150. The molecule has 0 radical (unpaired) electrons. The number of amides is 2. The summed E-state index contributed by atoms with van der Waals surface area (Å²) in [5.74, 6) is 0.142. The number of aromatic nitrogens is 3. The molecule has 12 heteroatoms. The molecule has 1 aliphatic rings. The van der Waals surface area contributed by atoms with E-state index in [2.05, 4.69) is 10.3 Å². The Kier molecular flexibility index (Phi) is 5.94. The lowest BCUT2D eigenvalue weighted by Crippen LogP contribution is -2.29. The number of nitrogens with zero attached hydrogens (tertiary/aromatic N) is 4. The van der Waals surface area contributed by atoms with E-state index in [-0.39, 0.29) is 17.6 Å². The van der Waals surface area contributed by atoms with Gasteiger partial charge in [-0.15, -0.1) is 0 Å². The van der Waals surface area contributed by atoms with E-state index in [9.17, 15) is 9.59 Å². The Morgan fingerprint density at radius 1 is 1.22 bits per heavy atom. The highest BCUT2D eigenvalue weighted by Crippen LogP contribution is 2.37. The molecule has 164 valence electrons. The summed E-state index contributed by atoms with van der Waals surface area (Å²) >= 11 is 0.987. The molecular weight excluding hydrogens is 436 g/mol. The predicted molar refractivity (Wildman–Crippen MR) is 117 cm³/mol. The van der Waals surface area contributed by atoms with Gasteiger partial charge in [0.1, 0.15) is 0 Å². The normalized spacial score (nSPS) is 14.9. The average Bonchev–Trinajstić information content (AvgIpc) is 3.49. The molecule has 0 saturated carbocycles. The zero-order chi connectivity index (χ0) is 22.7. The smallest absolute Gasteiger partial charge is 0.272 e. The minimum absolute atomic E-state index is 0.0307. The Morgan fingerprint density at radius 3 is 2.69 bits per heavy atom. The van der Waals surface area contributed by atoms with Gasteiger partial charge >= 0.3 is 0 Å². The third-order valence-corrected chi connectivity index (χ3v) is 5.16. The van der Waals surface area contributed by atoms with Crippen molar-refractivity contribution in [2.45, 2.75) is 6.92 Å². The number of primary amides is 1. The summed E-state index contributed by atoms with van der Waals surface area (Å²) in [5.41, 5.74) is 5.78. The van der Waals surface area contributed by atoms with Crippen LogP contribution in [0.3, 0.4) is 0 Å². The second kappa shape index (κ2) is 8.98. The molecule has 1 aliphatic heterocycles. The molecule has 3 N–H and O–H groups in total. The minimum atomic E-state index is -0.605. The SMILES string of the molecule is CCOc1cc(C=C2SC(=N)N(c3nonc3-n3cccc3)C2=O)ccc1OCC(N)=O. The number of nitrogens with two attached hydrogens (primary N) is 1. The number of hydrogen-bond donors (Lipinski definition) is 2. The van der Waals surface area contributed by atoms with Crippen molar-refractivity contribution in [2.24, 2.45) is 5.73 Å². The number of benzene rings is 1. The van der Waals surface area contributed by atoms with Crippen LogP contribution in [0, 0.1) is 5.41 Å². The van der Waals surface area contributed by atoms with Crippen LogP contribution in [0.2, 0.25) is 0 Å². The van der Waals surface area contributed by atoms with Gasteiger partial charge in [0, 0.05) is 12.4 Å². The molecule has 1 aromatic carbocycles. The Morgan fingerprint density at radius 2 is 1.97 bits per heavy atom. The average molecular weight is 454 g/mol. The van der Waals surface area contributed by atoms with Crippen LogP contribution >= 0.6 is 11.8 Å². The number of hydrogen-bond acceptors (Lipinski definition) is 9. The molecule has 4 rings (SSSR count). The lowest BCUT2D eigenvalue weighted by atomic mass is 10.2. The molecule has 11 nitrogen and oxygen atoms in total. The van der Waals surface area contributed by atoms with Gasteiger partial charge in [0.15, 0.2) is 23.3 Å². The summed E-state index contributed by atoms with van der Waals surface area (Å²) in [6, 6.07) is 8.59. The predicted octanol–water partition coefficient (Wildman–Crippen LogP) is 2.18. The number of thioether (sulfide) groups is 1. The van der Waals surface area contributed by atoms with E-state index in [4.69, 9.17) is 25.2 Å². The number of anilines is 1. The van der Waals surface area contributed by atoms with Crippen molar-refractivity contribution < 1.29 is 23.7 Å². The van der Waals surface area contributed by atoms with Gasteiger partial charge in [0.25, 0.3) is 11.8 Å². The molecule has 1 fully saturated rings. The quantitative estimate of drug-likeness (QED) is 0.492. The Hall–Kier alpha value is -4.06. The van der Waals surface area contributed by atoms with Gasteiger partial charge in [-0.05, 0) is 64.9 Å². The molecule has 0 aliphatic carbocycles. The number of carbonyl (C=O) groups excluding carboxylic acids is 2. The zero-order valence-electron chi connectivity index (χ0n) is 16.8. The maximum absolute atomic E-state index is 13.1. The van der Waals surface area contributed by atoms with Crippen LogP contribution in [-0.4, -0.2) is 45.1 Å². The molecule has 32 heavy (non-hydrogen) atoms. The lowest BCUT2D eigenvalue weighted by molar-refractivity contribution is -0.120. The fourth-order valence-electron chi connectivity index (χ4n) is 2.94. The summed E-state index contributed by atoms with van der Waals surface area (Å²) in [6.07, 6.45) is 5.09. The van der Waals surface area contributed by atoms with Gasteiger partial charge in [-0.3, -0.25) is 15.0 Å². The van der Waals surface area contributed by atoms with E-state index in [1.165, 1.54) is 0 Å². The van der Waals surface area contributed by atoms with E-state index in [0.29, 0.717) is 34.4 Å². The van der Waals surface area contributed by atoms with Gasteiger partial charge in [0.2, 0.25) is 11.6 Å². The third-order valence-electron chi connectivity index (χ3n) is 4.27. The Bertz CT molecular complexity index is 1200. The van der Waals surface area contributed by atoms with E-state index in [1.807, 2.05) is 6.92 Å². The largest absolute Gasteiger partial charge is 0.490 e. The van der Waals surface area contributed by atoms with Gasteiger partial charge in [-0.1, -0.05) is 6.07 Å². The molecule has 1 saturated heterocycles. The molecule has 3 aromatic rings. The minimum Gasteiger partial charge on any atom is -0.490 e. The summed E-state index contributed by atoms with van der Waals surface area (Å²) in [7, 11) is 0. The number of amidine groups is 1. The Labute approximate surface area is 186 Å². The summed E-state index contributed by atoms with van der Waals surface area (Å²) in [5, 5.41) is 15.9. The molecule has 3 heterocycles. The highest BCUT2D eigenvalue weighted by molar-refractivity contribution is 8.19. The maximum atomic E-state index is 13.1. The fourth-order valence-corrected chi connectivity index (χ4v) is 3.78. The van der Waals surface area contributed by atoms with Crippen LogP contribution in [0.1, 0.15) is 12.5 Å². The van der Waals surface area contributed by atoms with Gasteiger partial charge in [-0.25, -0.2) is 9.53 Å². The second-order valence-corrected chi connectivity index (χ2v) is 7.48. The number of carbonyl (C=O) groups is 2. The van der Waals surface area contributed by atoms with E-state index in [1.54, 1.807) is 53.4 Å². The van der Waals surface area contributed by atoms with Crippen molar-refractivity contribution in [3.63, 3.8) is 0 Å². The van der Waals surface area contributed by atoms with Gasteiger partial charge in [0.05, 0.1) is 11.5 Å². The van der Waals surface area contributed by atoms with Crippen LogP contribution in [0.4, 0.5) is 5.82 Å². The van der Waals surface area contributed by atoms with Crippen molar-refractivity contribution in [2.75, 3.05) is 18.1 Å². The highest BCUT2D eigenvalue weighted by atomic mass is 32.2. The summed E-state index contributed by atoms with van der Waals surface area (Å²) < 4.78 is 17.4. The van der Waals surface area contributed by atoms with Crippen molar-refractivity contribution in [1.82, 2.24) is 14.9 Å². The molecule has 0 bridgehead atoms. The molecule has 0 spiro atoms. The monoisotopic (exact) mass is 454 g/mol. The van der Waals surface area contributed by atoms with E-state index in [0.717, 1.165) is 16.7 Å². The van der Waals surface area contributed by atoms with Crippen LogP contribution < -0.4 is 20.1 Å². The standard InChI is InChI=1S/C20H18N6O5S/c1-2-29-14-9-12(5-6-13(14)30-11-16(21)27)10-15-19(28)26(20(22)32-15)18-17(23-31-24-18)25-7-3-4-8-25/h3-10,22H,2,11H2,1H3,(H2,21,27). The first kappa shape index (κ1) is 21.2. The Balaban J connectivity index is 1.61. The molecule has 0 unspecified atom stereocenters. The van der Waals surface area contributed by atoms with E-state index >= 15 is 0 Å². The van der Waals surface area contributed by atoms with Crippen molar-refractivity contribution in [1.29, 1.82) is 5.41 Å². The number of rotatable bonds is 8. The highest BCUT2D eigenvalue weighted by Gasteiger charge is 2.38. The lowest BCUT2D eigenvalue weighted by Gasteiger charge is -2.12.